The number of ether oxygens (including phenoxy) is 2. The summed E-state index contributed by atoms with van der Waals surface area (Å²) < 4.78 is 13.3. The first-order valence-electron chi connectivity index (χ1n) is 12.3. The molecule has 10 heteroatoms. The second kappa shape index (κ2) is 12.5. The second-order valence-corrected chi connectivity index (χ2v) is 12.8. The number of benzene rings is 3. The van der Waals surface area contributed by atoms with Gasteiger partial charge < -0.3 is 0 Å². The zero-order chi connectivity index (χ0) is 27.4. The first kappa shape index (κ1) is 27.6. The zero-order valence-electron chi connectivity index (χ0n) is 20.7. The summed E-state index contributed by atoms with van der Waals surface area (Å²) in [5.41, 5.74) is 3.41. The molecule has 2 atom stereocenters. The molecule has 39 heavy (non-hydrogen) atoms. The van der Waals surface area contributed by atoms with Gasteiger partial charge in [0, 0.05) is 15.4 Å². The van der Waals surface area contributed by atoms with Crippen molar-refractivity contribution < 1.29 is 19.1 Å². The van der Waals surface area contributed by atoms with Crippen LogP contribution in [0, 0.1) is 16.1 Å². The van der Waals surface area contributed by atoms with Crippen molar-refractivity contribution in [3.63, 3.8) is 0 Å². The Morgan fingerprint density at radius 3 is 2.51 bits per heavy atom. The second-order valence-electron chi connectivity index (χ2n) is 9.10. The van der Waals surface area contributed by atoms with Crippen molar-refractivity contribution in [2.24, 2.45) is 11.0 Å². The van der Waals surface area contributed by atoms with Crippen LogP contribution in [0.3, 0.4) is 0 Å². The predicted molar refractivity (Wildman–Crippen MR) is 155 cm³/mol. The van der Waals surface area contributed by atoms with Crippen molar-refractivity contribution in [3.05, 3.63) is 92.4 Å². The van der Waals surface area contributed by atoms with Gasteiger partial charge in [-0.3, -0.25) is 0 Å². The average molecular weight is 716 g/mol. The molecule has 3 aromatic carbocycles. The number of esters is 1. The van der Waals surface area contributed by atoms with Crippen LogP contribution < -0.4 is 9.47 Å². The molecule has 1 amide bonds. The van der Waals surface area contributed by atoms with Crippen LogP contribution in [-0.2, 0) is 16.0 Å². The van der Waals surface area contributed by atoms with E-state index in [9.17, 15) is 9.59 Å². The van der Waals surface area contributed by atoms with Crippen molar-refractivity contribution >= 4 is 64.4 Å². The molecular weight excluding hydrogens is 693 g/mol. The molecule has 0 saturated heterocycles. The number of hydrogen-bond acceptors (Lipinski definition) is 6. The van der Waals surface area contributed by atoms with Gasteiger partial charge in [0.2, 0.25) is 0 Å². The fourth-order valence-corrected chi connectivity index (χ4v) is 5.83. The van der Waals surface area contributed by atoms with Gasteiger partial charge in [-0.15, -0.1) is 0 Å². The van der Waals surface area contributed by atoms with E-state index >= 15 is 0 Å². The van der Waals surface area contributed by atoms with Crippen molar-refractivity contribution in [3.8, 4) is 16.5 Å². The van der Waals surface area contributed by atoms with E-state index in [4.69, 9.17) is 19.8 Å². The summed E-state index contributed by atoms with van der Waals surface area (Å²) in [6.45, 7) is 0.488. The number of carbonyl (C=O) groups is 2. The molecule has 7 nitrogen and oxygen atoms in total. The molecule has 0 N–H and O–H groups in total. The van der Waals surface area contributed by atoms with Gasteiger partial charge in [-0.2, -0.15) is 5.10 Å². The van der Waals surface area contributed by atoms with Crippen LogP contribution in [0.25, 0.3) is 0 Å². The maximum atomic E-state index is 13.9. The van der Waals surface area contributed by atoms with Gasteiger partial charge >= 0.3 is 127 Å². The minimum absolute atomic E-state index is 0.0228. The Labute approximate surface area is 249 Å². The van der Waals surface area contributed by atoms with E-state index in [2.05, 4.69) is 36.8 Å². The number of hydrazone groups is 1. The van der Waals surface area contributed by atoms with Gasteiger partial charge in [0.25, 0.3) is 0 Å². The topological polar surface area (TPSA) is 92.0 Å². The fraction of sp³-hybridized carbons (Fsp3) is 0.241. The molecule has 0 spiro atoms. The summed E-state index contributed by atoms with van der Waals surface area (Å²) in [5.74, 6) is -0.973. The van der Waals surface area contributed by atoms with E-state index in [1.54, 1.807) is 6.07 Å². The Morgan fingerprint density at radius 1 is 1.08 bits per heavy atom. The van der Waals surface area contributed by atoms with Crippen LogP contribution in [0.15, 0.2) is 80.8 Å². The molecule has 0 fully saturated rings. The molecule has 0 bridgehead atoms. The monoisotopic (exact) mass is 715 g/mol. The van der Waals surface area contributed by atoms with Gasteiger partial charge in [-0.1, -0.05) is 56.1 Å². The molecule has 0 aromatic heterocycles. The number of amides is 1. The molecule has 2 aliphatic heterocycles. The molecule has 198 valence electrons. The Balaban J connectivity index is 1.36. The Hall–Kier alpha value is -2.96. The van der Waals surface area contributed by atoms with Gasteiger partial charge in [0.05, 0.1) is 11.8 Å². The van der Waals surface area contributed by atoms with Crippen LogP contribution >= 0.6 is 31.9 Å². The number of fused-ring (bicyclic) bond motifs is 1. The van der Waals surface area contributed by atoms with Crippen molar-refractivity contribution in [1.82, 2.24) is 5.01 Å². The fourth-order valence-electron chi connectivity index (χ4n) is 4.56. The van der Waals surface area contributed by atoms with Gasteiger partial charge in [-0.05, 0) is 35.4 Å². The van der Waals surface area contributed by atoms with E-state index in [1.807, 2.05) is 60.7 Å². The molecule has 0 radical (unpaired) electrons. The molecule has 5 rings (SSSR count). The maximum absolute atomic E-state index is 13.9. The molecule has 2 unspecified atom stereocenters. The predicted octanol–water partition coefficient (Wildman–Crippen LogP) is 6.04. The third kappa shape index (κ3) is 6.44. The number of rotatable bonds is 8. The quantitative estimate of drug-likeness (QED) is 0.0933. The zero-order valence-corrected chi connectivity index (χ0v) is 25.6. The van der Waals surface area contributed by atoms with Crippen molar-refractivity contribution in [2.75, 3.05) is 6.61 Å². The normalized spacial score (nSPS) is 18.1. The average Bonchev–Trinajstić information content (AvgIpc) is 3.38. The molecular formula is C29H23Br2N3O4Se. The Bertz CT molecular complexity index is 1450. The number of halogens is 2. The van der Waals surface area contributed by atoms with Crippen LogP contribution in [-0.4, -0.2) is 44.2 Å². The number of nitriles is 1. The first-order chi connectivity index (χ1) is 18.9. The van der Waals surface area contributed by atoms with E-state index in [1.165, 1.54) is 5.01 Å². The van der Waals surface area contributed by atoms with Crippen LogP contribution in [0.4, 0.5) is 0 Å². The number of carbonyl (C=O) groups excluding carboxylic acids is 2. The summed E-state index contributed by atoms with van der Waals surface area (Å²) in [5, 5.41) is 15.7. The minimum atomic E-state index is -0.997. The molecule has 0 aliphatic carbocycles. The molecule has 0 saturated carbocycles. The number of hydrogen-bond donors (Lipinski definition) is 0. The SMILES string of the molecule is N#C[Se]CCCOc1ccc2c(c1)OC(=O)C(C(=O)N1N=C(c3ccc(Br)cc3)CC1c1ccc(Br)cc1)C2. The number of nitrogens with zero attached hydrogens (tertiary/aromatic N) is 3. The van der Waals surface area contributed by atoms with Crippen molar-refractivity contribution in [2.45, 2.75) is 30.6 Å². The summed E-state index contributed by atoms with van der Waals surface area (Å²) in [4.78, 5) is 29.1. The Morgan fingerprint density at radius 2 is 1.79 bits per heavy atom. The Kier molecular flexibility index (Phi) is 8.83. The molecule has 2 heterocycles. The van der Waals surface area contributed by atoms with Gasteiger partial charge in [0.15, 0.2) is 0 Å². The van der Waals surface area contributed by atoms with E-state index in [0.29, 0.717) is 24.5 Å². The summed E-state index contributed by atoms with van der Waals surface area (Å²) in [7, 11) is 0. The van der Waals surface area contributed by atoms with E-state index < -0.39 is 11.9 Å². The van der Waals surface area contributed by atoms with Crippen molar-refractivity contribution in [1.29, 1.82) is 5.26 Å². The third-order valence-corrected chi connectivity index (χ3v) is 8.91. The van der Waals surface area contributed by atoms with Gasteiger partial charge in [-0.25, -0.2) is 0 Å². The molecule has 2 aliphatic rings. The standard InChI is InChI=1S/C29H23Br2N3O4Se/c30-21-7-2-18(3-8-21)25-16-26(19-4-9-22(31)10-5-19)34(33-25)28(35)24-14-20-6-11-23(15-27(20)38-29(24)36)37-12-1-13-39-17-32/h2-11,15,24,26H,1,12-14,16H2. The summed E-state index contributed by atoms with van der Waals surface area (Å²) in [6, 6.07) is 20.6. The summed E-state index contributed by atoms with van der Waals surface area (Å²) >= 11 is 6.91. The van der Waals surface area contributed by atoms with E-state index in [0.717, 1.165) is 43.1 Å². The summed E-state index contributed by atoms with van der Waals surface area (Å²) in [6.07, 6.45) is 1.55. The van der Waals surface area contributed by atoms with Crippen LogP contribution in [0.1, 0.15) is 35.6 Å². The van der Waals surface area contributed by atoms with Gasteiger partial charge in [0.1, 0.15) is 0 Å². The first-order valence-corrected chi connectivity index (χ1v) is 16.0. The van der Waals surface area contributed by atoms with E-state index in [-0.39, 0.29) is 33.3 Å². The molecule has 3 aromatic rings. The van der Waals surface area contributed by atoms with Crippen LogP contribution in [0.2, 0.25) is 5.32 Å². The third-order valence-electron chi connectivity index (χ3n) is 6.55. The van der Waals surface area contributed by atoms with Crippen LogP contribution in [0.5, 0.6) is 11.5 Å².